The lowest BCUT2D eigenvalue weighted by molar-refractivity contribution is -0.147. The maximum Gasteiger partial charge on any atom is 0.415 e. The second-order valence-electron chi connectivity index (χ2n) is 13.2. The highest BCUT2D eigenvalue weighted by molar-refractivity contribution is 6.02. The molecule has 3 aromatic carbocycles. The summed E-state index contributed by atoms with van der Waals surface area (Å²) < 4.78 is 5.77. The standard InChI is InChI=1S/C36H39N3O6/c1-36(2,3)45-35(44)39-28-16-10-8-13-24(28)19-31(39)34(43)38-29(23-11-5-4-6-12-23)17-18-30(38)33(42)37-21-25-14-7-9-15-27(25)26(22-37)20-32(40)41/h4-16,26,29-31H,17-22H2,1-3H3,(H,40,41)/t26-,29-,30+,31+/m0/s1. The summed E-state index contributed by atoms with van der Waals surface area (Å²) in [7, 11) is 0. The van der Waals surface area contributed by atoms with E-state index >= 15 is 0 Å². The zero-order chi connectivity index (χ0) is 31.9. The van der Waals surface area contributed by atoms with Gasteiger partial charge < -0.3 is 19.6 Å². The monoisotopic (exact) mass is 609 g/mol. The third kappa shape index (κ3) is 6.03. The molecule has 1 saturated heterocycles. The SMILES string of the molecule is CC(C)(C)OC(=O)N1c2ccccc2C[C@@H]1C(=O)N1[C@@H](C(=O)N2Cc3ccccc3[C@@H](CC(=O)O)C2)CC[C@H]1c1ccccc1. The van der Waals surface area contributed by atoms with Gasteiger partial charge in [0, 0.05) is 25.4 Å². The maximum absolute atomic E-state index is 14.8. The van der Waals surface area contributed by atoms with Gasteiger partial charge in [-0.05, 0) is 61.9 Å². The lowest BCUT2D eigenvalue weighted by atomic mass is 9.87. The Balaban J connectivity index is 1.35. The lowest BCUT2D eigenvalue weighted by Gasteiger charge is -2.39. The Labute approximate surface area is 263 Å². The Morgan fingerprint density at radius 1 is 0.822 bits per heavy atom. The largest absolute Gasteiger partial charge is 0.481 e. The molecule has 234 valence electrons. The van der Waals surface area contributed by atoms with Crippen LogP contribution < -0.4 is 4.90 Å². The normalized spacial score (nSPS) is 22.5. The molecule has 9 nitrogen and oxygen atoms in total. The molecule has 0 aromatic heterocycles. The molecule has 6 rings (SSSR count). The smallest absolute Gasteiger partial charge is 0.415 e. The van der Waals surface area contributed by atoms with Crippen molar-refractivity contribution in [1.82, 2.24) is 9.80 Å². The van der Waals surface area contributed by atoms with E-state index in [1.54, 1.807) is 30.6 Å². The predicted molar refractivity (Wildman–Crippen MR) is 169 cm³/mol. The average molecular weight is 610 g/mol. The summed E-state index contributed by atoms with van der Waals surface area (Å²) in [6.45, 7) is 5.98. The molecule has 3 aliphatic heterocycles. The van der Waals surface area contributed by atoms with Crippen molar-refractivity contribution < 1.29 is 29.0 Å². The molecule has 0 spiro atoms. The summed E-state index contributed by atoms with van der Waals surface area (Å²) in [5.41, 5.74) is 3.52. The van der Waals surface area contributed by atoms with E-state index in [0.717, 1.165) is 22.3 Å². The number of carboxylic acids is 1. The summed E-state index contributed by atoms with van der Waals surface area (Å²) in [5.74, 6) is -1.78. The number of benzene rings is 3. The highest BCUT2D eigenvalue weighted by Crippen LogP contribution is 2.42. The number of rotatable bonds is 5. The van der Waals surface area contributed by atoms with Gasteiger partial charge in [0.05, 0.1) is 18.2 Å². The van der Waals surface area contributed by atoms with Crippen molar-refractivity contribution in [2.24, 2.45) is 0 Å². The van der Waals surface area contributed by atoms with Crippen molar-refractivity contribution in [3.05, 3.63) is 101 Å². The van der Waals surface area contributed by atoms with Crippen LogP contribution in [0.3, 0.4) is 0 Å². The van der Waals surface area contributed by atoms with E-state index in [0.29, 0.717) is 31.5 Å². The summed E-state index contributed by atoms with van der Waals surface area (Å²) in [5, 5.41) is 9.64. The molecule has 0 radical (unpaired) electrons. The van der Waals surface area contributed by atoms with Crippen molar-refractivity contribution in [2.45, 2.75) is 82.6 Å². The topological polar surface area (TPSA) is 107 Å². The van der Waals surface area contributed by atoms with Gasteiger partial charge in [0.15, 0.2) is 0 Å². The summed E-state index contributed by atoms with van der Waals surface area (Å²) in [6, 6.07) is 22.8. The number of fused-ring (bicyclic) bond motifs is 2. The van der Waals surface area contributed by atoms with Gasteiger partial charge in [-0.25, -0.2) is 4.79 Å². The lowest BCUT2D eigenvalue weighted by Crippen LogP contribution is -2.56. The summed E-state index contributed by atoms with van der Waals surface area (Å²) in [4.78, 5) is 59.5. The van der Waals surface area contributed by atoms with Gasteiger partial charge in [-0.15, -0.1) is 0 Å². The fourth-order valence-corrected chi connectivity index (χ4v) is 7.13. The Hall–Kier alpha value is -4.66. The number of carbonyl (C=O) groups is 4. The van der Waals surface area contributed by atoms with Crippen molar-refractivity contribution in [2.75, 3.05) is 11.4 Å². The number of anilines is 1. The van der Waals surface area contributed by atoms with Crippen LogP contribution in [0, 0.1) is 0 Å². The number of amides is 3. The van der Waals surface area contributed by atoms with Gasteiger partial charge >= 0.3 is 12.1 Å². The molecule has 3 aromatic rings. The molecule has 9 heteroatoms. The van der Waals surface area contributed by atoms with E-state index in [2.05, 4.69) is 0 Å². The first-order valence-corrected chi connectivity index (χ1v) is 15.6. The van der Waals surface area contributed by atoms with Crippen LogP contribution in [0.5, 0.6) is 0 Å². The molecule has 4 atom stereocenters. The number of nitrogens with zero attached hydrogens (tertiary/aromatic N) is 3. The van der Waals surface area contributed by atoms with Gasteiger partial charge in [0.25, 0.3) is 0 Å². The molecule has 1 fully saturated rings. The fraction of sp³-hybridized carbons (Fsp3) is 0.389. The third-order valence-electron chi connectivity index (χ3n) is 8.99. The Bertz CT molecular complexity index is 1620. The van der Waals surface area contributed by atoms with Crippen molar-refractivity contribution >= 4 is 29.6 Å². The summed E-state index contributed by atoms with van der Waals surface area (Å²) in [6.07, 6.45) is 0.657. The third-order valence-corrected chi connectivity index (χ3v) is 8.99. The van der Waals surface area contributed by atoms with Crippen molar-refractivity contribution in [3.63, 3.8) is 0 Å². The average Bonchev–Trinajstić information content (AvgIpc) is 3.62. The maximum atomic E-state index is 14.8. The Morgan fingerprint density at radius 2 is 1.49 bits per heavy atom. The van der Waals surface area contributed by atoms with Crippen molar-refractivity contribution in [3.8, 4) is 0 Å². The number of likely N-dealkylation sites (tertiary alicyclic amines) is 1. The van der Waals surface area contributed by atoms with Crippen LogP contribution in [0.25, 0.3) is 0 Å². The van der Waals surface area contributed by atoms with E-state index in [4.69, 9.17) is 4.74 Å². The second kappa shape index (κ2) is 12.0. The number of ether oxygens (including phenoxy) is 1. The Kier molecular flexibility index (Phi) is 8.12. The van der Waals surface area contributed by atoms with Gasteiger partial charge in [0.2, 0.25) is 11.8 Å². The molecule has 0 unspecified atom stereocenters. The predicted octanol–water partition coefficient (Wildman–Crippen LogP) is 5.69. The van der Waals surface area contributed by atoms with E-state index in [1.165, 1.54) is 4.90 Å². The van der Waals surface area contributed by atoms with E-state index in [9.17, 15) is 24.3 Å². The molecular formula is C36H39N3O6. The highest BCUT2D eigenvalue weighted by atomic mass is 16.6. The van der Waals surface area contributed by atoms with Crippen LogP contribution in [0.4, 0.5) is 10.5 Å². The second-order valence-corrected chi connectivity index (χ2v) is 13.2. The molecule has 3 aliphatic rings. The molecular weight excluding hydrogens is 570 g/mol. The van der Waals surface area contributed by atoms with Crippen LogP contribution in [-0.2, 0) is 32.1 Å². The molecule has 0 saturated carbocycles. The van der Waals surface area contributed by atoms with Crippen LogP contribution >= 0.6 is 0 Å². The first-order valence-electron chi connectivity index (χ1n) is 15.6. The molecule has 0 bridgehead atoms. The minimum absolute atomic E-state index is 0.0913. The quantitative estimate of drug-likeness (QED) is 0.399. The van der Waals surface area contributed by atoms with Gasteiger partial charge in [-0.1, -0.05) is 72.8 Å². The van der Waals surface area contributed by atoms with Crippen LogP contribution in [0.1, 0.15) is 74.2 Å². The molecule has 3 amide bonds. The van der Waals surface area contributed by atoms with Crippen LogP contribution in [0.15, 0.2) is 78.9 Å². The number of aliphatic carboxylic acids is 1. The zero-order valence-electron chi connectivity index (χ0n) is 25.9. The first-order chi connectivity index (χ1) is 21.5. The fourth-order valence-electron chi connectivity index (χ4n) is 7.13. The number of carbonyl (C=O) groups excluding carboxylic acids is 3. The molecule has 1 N–H and O–H groups in total. The van der Waals surface area contributed by atoms with E-state index in [-0.39, 0.29) is 36.7 Å². The van der Waals surface area contributed by atoms with Crippen molar-refractivity contribution in [1.29, 1.82) is 0 Å². The molecule has 0 aliphatic carbocycles. The van der Waals surface area contributed by atoms with E-state index < -0.39 is 29.7 Å². The summed E-state index contributed by atoms with van der Waals surface area (Å²) >= 11 is 0. The zero-order valence-corrected chi connectivity index (χ0v) is 25.9. The van der Waals surface area contributed by atoms with Gasteiger partial charge in [-0.2, -0.15) is 0 Å². The van der Waals surface area contributed by atoms with Crippen LogP contribution in [-0.4, -0.2) is 63.0 Å². The number of hydrogen-bond acceptors (Lipinski definition) is 5. The number of carboxylic acid groups (broad SMARTS) is 1. The number of hydrogen-bond donors (Lipinski definition) is 1. The van der Waals surface area contributed by atoms with E-state index in [1.807, 2.05) is 78.9 Å². The number of para-hydroxylation sites is 1. The first kappa shape index (κ1) is 30.4. The minimum Gasteiger partial charge on any atom is -0.481 e. The minimum atomic E-state index is -0.922. The van der Waals surface area contributed by atoms with Gasteiger partial charge in [0.1, 0.15) is 17.7 Å². The van der Waals surface area contributed by atoms with Gasteiger partial charge in [-0.3, -0.25) is 19.3 Å². The van der Waals surface area contributed by atoms with Crippen LogP contribution in [0.2, 0.25) is 0 Å². The Morgan fingerprint density at radius 3 is 2.20 bits per heavy atom. The highest BCUT2D eigenvalue weighted by Gasteiger charge is 2.50. The molecule has 45 heavy (non-hydrogen) atoms. The molecule has 3 heterocycles.